The van der Waals surface area contributed by atoms with Crippen molar-refractivity contribution in [3.05, 3.63) is 22.4 Å². The maximum atomic E-state index is 4.07. The molecule has 0 atom stereocenters. The number of rotatable bonds is 8. The molecular formula is C12H19N5S2. The third-order valence-electron chi connectivity index (χ3n) is 2.53. The Labute approximate surface area is 121 Å². The first kappa shape index (κ1) is 14.5. The molecule has 2 aromatic rings. The number of thiophene rings is 1. The van der Waals surface area contributed by atoms with Crippen LogP contribution in [-0.2, 0) is 13.0 Å². The molecule has 2 rings (SSSR count). The summed E-state index contributed by atoms with van der Waals surface area (Å²) in [6.07, 6.45) is 1.07. The first-order valence-corrected chi connectivity index (χ1v) is 8.27. The van der Waals surface area contributed by atoms with Crippen LogP contribution in [0, 0.1) is 0 Å². The van der Waals surface area contributed by atoms with Gasteiger partial charge < -0.3 is 5.32 Å². The average Bonchev–Trinajstić information content (AvgIpc) is 3.01. The van der Waals surface area contributed by atoms with Gasteiger partial charge in [-0.2, -0.15) is 0 Å². The van der Waals surface area contributed by atoms with E-state index in [0.717, 1.165) is 30.4 Å². The summed E-state index contributed by atoms with van der Waals surface area (Å²) < 4.78 is 1.87. The maximum Gasteiger partial charge on any atom is 0.209 e. The highest BCUT2D eigenvalue weighted by atomic mass is 32.2. The molecule has 0 radical (unpaired) electrons. The first-order chi connectivity index (χ1) is 9.25. The molecule has 0 unspecified atom stereocenters. The van der Waals surface area contributed by atoms with Gasteiger partial charge in [0, 0.05) is 23.2 Å². The van der Waals surface area contributed by atoms with Crippen LogP contribution in [0.4, 0.5) is 0 Å². The van der Waals surface area contributed by atoms with Gasteiger partial charge in [-0.15, -0.1) is 16.4 Å². The lowest BCUT2D eigenvalue weighted by Crippen LogP contribution is -2.27. The Morgan fingerprint density at radius 2 is 2.37 bits per heavy atom. The third kappa shape index (κ3) is 4.93. The van der Waals surface area contributed by atoms with Gasteiger partial charge >= 0.3 is 0 Å². The smallest absolute Gasteiger partial charge is 0.209 e. The zero-order valence-electron chi connectivity index (χ0n) is 11.2. The number of aryl methyl sites for hydroxylation is 1. The Hall–Kier alpha value is -0.920. The minimum atomic E-state index is 0.492. The Morgan fingerprint density at radius 3 is 3.11 bits per heavy atom. The minimum absolute atomic E-state index is 0.492. The molecule has 0 aliphatic carbocycles. The number of aromatic nitrogens is 4. The van der Waals surface area contributed by atoms with Gasteiger partial charge in [0.15, 0.2) is 0 Å². The predicted octanol–water partition coefficient (Wildman–Crippen LogP) is 2.07. The van der Waals surface area contributed by atoms with Crippen molar-refractivity contribution in [2.75, 3.05) is 12.3 Å². The molecule has 0 bridgehead atoms. The van der Waals surface area contributed by atoms with Gasteiger partial charge in [0.05, 0.1) is 6.54 Å². The van der Waals surface area contributed by atoms with Crippen LogP contribution in [-0.4, -0.2) is 38.5 Å². The van der Waals surface area contributed by atoms with Crippen LogP contribution in [0.15, 0.2) is 22.7 Å². The van der Waals surface area contributed by atoms with E-state index in [4.69, 9.17) is 0 Å². The Bertz CT molecular complexity index is 466. The van der Waals surface area contributed by atoms with Crippen LogP contribution >= 0.6 is 23.1 Å². The van der Waals surface area contributed by atoms with Crippen LogP contribution in [0.1, 0.15) is 18.7 Å². The zero-order chi connectivity index (χ0) is 13.5. The number of tetrazole rings is 1. The number of hydrogen-bond acceptors (Lipinski definition) is 6. The van der Waals surface area contributed by atoms with Crippen LogP contribution in [0.25, 0.3) is 0 Å². The lowest BCUT2D eigenvalue weighted by atomic mass is 10.4. The van der Waals surface area contributed by atoms with E-state index in [0.29, 0.717) is 6.04 Å². The standard InChI is InChI=1S/C12H19N5S2/c1-10(2)13-6-7-17-12(14-15-16-17)19-9-5-11-4-3-8-18-11/h3-4,8,10,13H,5-7,9H2,1-2H3. The summed E-state index contributed by atoms with van der Waals surface area (Å²) in [6, 6.07) is 4.75. The van der Waals surface area contributed by atoms with Crippen molar-refractivity contribution >= 4 is 23.1 Å². The quantitative estimate of drug-likeness (QED) is 0.756. The number of thioether (sulfide) groups is 1. The molecule has 0 saturated carbocycles. The number of nitrogens with zero attached hydrogens (tertiary/aromatic N) is 4. The van der Waals surface area contributed by atoms with Crippen molar-refractivity contribution in [1.82, 2.24) is 25.5 Å². The number of hydrogen-bond donors (Lipinski definition) is 1. The second-order valence-corrected chi connectivity index (χ2v) is 6.57. The lowest BCUT2D eigenvalue weighted by Gasteiger charge is -2.08. The second-order valence-electron chi connectivity index (χ2n) is 4.47. The molecule has 0 aliphatic rings. The largest absolute Gasteiger partial charge is 0.313 e. The van der Waals surface area contributed by atoms with Gasteiger partial charge in [-0.05, 0) is 28.3 Å². The van der Waals surface area contributed by atoms with Crippen LogP contribution in [0.3, 0.4) is 0 Å². The molecular weight excluding hydrogens is 278 g/mol. The van der Waals surface area contributed by atoms with E-state index < -0.39 is 0 Å². The van der Waals surface area contributed by atoms with E-state index >= 15 is 0 Å². The zero-order valence-corrected chi connectivity index (χ0v) is 12.9. The molecule has 0 fully saturated rings. The van der Waals surface area contributed by atoms with E-state index in [1.54, 1.807) is 23.1 Å². The minimum Gasteiger partial charge on any atom is -0.313 e. The molecule has 104 valence electrons. The predicted molar refractivity (Wildman–Crippen MR) is 79.7 cm³/mol. The average molecular weight is 297 g/mol. The fourth-order valence-corrected chi connectivity index (χ4v) is 3.31. The molecule has 0 spiro atoms. The SMILES string of the molecule is CC(C)NCCn1nnnc1SCCc1cccs1. The van der Waals surface area contributed by atoms with Gasteiger partial charge in [0.1, 0.15) is 0 Å². The van der Waals surface area contributed by atoms with Gasteiger partial charge in [0.25, 0.3) is 0 Å². The summed E-state index contributed by atoms with van der Waals surface area (Å²) in [5.74, 6) is 1.01. The summed E-state index contributed by atoms with van der Waals surface area (Å²) >= 11 is 3.52. The lowest BCUT2D eigenvalue weighted by molar-refractivity contribution is 0.485. The third-order valence-corrected chi connectivity index (χ3v) is 4.43. The van der Waals surface area contributed by atoms with E-state index in [1.807, 2.05) is 4.68 Å². The first-order valence-electron chi connectivity index (χ1n) is 6.40. The Balaban J connectivity index is 1.75. The van der Waals surface area contributed by atoms with Gasteiger partial charge in [0.2, 0.25) is 5.16 Å². The molecule has 7 heteroatoms. The Morgan fingerprint density at radius 1 is 1.47 bits per heavy atom. The Kier molecular flexibility index (Phi) is 5.81. The van der Waals surface area contributed by atoms with Gasteiger partial charge in [-0.25, -0.2) is 4.68 Å². The molecule has 1 N–H and O–H groups in total. The fourth-order valence-electron chi connectivity index (χ4n) is 1.60. The van der Waals surface area contributed by atoms with Crippen LogP contribution in [0.5, 0.6) is 0 Å². The molecule has 2 heterocycles. The van der Waals surface area contributed by atoms with E-state index in [1.165, 1.54) is 4.88 Å². The normalized spacial score (nSPS) is 11.3. The molecule has 0 aromatic carbocycles. The monoisotopic (exact) mass is 297 g/mol. The van der Waals surface area contributed by atoms with E-state index in [9.17, 15) is 0 Å². The van der Waals surface area contributed by atoms with Crippen molar-refractivity contribution in [1.29, 1.82) is 0 Å². The van der Waals surface area contributed by atoms with Crippen molar-refractivity contribution in [3.63, 3.8) is 0 Å². The second kappa shape index (κ2) is 7.62. The summed E-state index contributed by atoms with van der Waals surface area (Å²) in [5.41, 5.74) is 0. The number of nitrogens with one attached hydrogen (secondary N) is 1. The summed E-state index contributed by atoms with van der Waals surface area (Å²) in [7, 11) is 0. The topological polar surface area (TPSA) is 55.6 Å². The molecule has 0 aliphatic heterocycles. The van der Waals surface area contributed by atoms with Crippen molar-refractivity contribution < 1.29 is 0 Å². The van der Waals surface area contributed by atoms with E-state index in [-0.39, 0.29) is 0 Å². The molecule has 2 aromatic heterocycles. The highest BCUT2D eigenvalue weighted by Crippen LogP contribution is 2.17. The maximum absolute atomic E-state index is 4.07. The highest BCUT2D eigenvalue weighted by Gasteiger charge is 2.06. The van der Waals surface area contributed by atoms with E-state index in [2.05, 4.69) is 52.2 Å². The fraction of sp³-hybridized carbons (Fsp3) is 0.583. The molecule has 19 heavy (non-hydrogen) atoms. The summed E-state index contributed by atoms with van der Waals surface area (Å²) in [4.78, 5) is 1.41. The van der Waals surface area contributed by atoms with Crippen molar-refractivity contribution in [3.8, 4) is 0 Å². The van der Waals surface area contributed by atoms with Crippen molar-refractivity contribution in [2.24, 2.45) is 0 Å². The van der Waals surface area contributed by atoms with Crippen LogP contribution < -0.4 is 5.32 Å². The van der Waals surface area contributed by atoms with Crippen molar-refractivity contribution in [2.45, 2.75) is 38.0 Å². The molecule has 5 nitrogen and oxygen atoms in total. The van der Waals surface area contributed by atoms with Crippen LogP contribution in [0.2, 0.25) is 0 Å². The summed E-state index contributed by atoms with van der Waals surface area (Å²) in [6.45, 7) is 5.97. The summed E-state index contributed by atoms with van der Waals surface area (Å²) in [5, 5.41) is 18.2. The molecule has 0 amide bonds. The van der Waals surface area contributed by atoms with Gasteiger partial charge in [-0.3, -0.25) is 0 Å². The molecule has 0 saturated heterocycles. The highest BCUT2D eigenvalue weighted by molar-refractivity contribution is 7.99. The van der Waals surface area contributed by atoms with Gasteiger partial charge in [-0.1, -0.05) is 31.7 Å².